The minimum atomic E-state index is -0.0886. The zero-order valence-corrected chi connectivity index (χ0v) is 13.2. The molecule has 0 atom stereocenters. The highest BCUT2D eigenvalue weighted by Gasteiger charge is 2.08. The molecule has 0 saturated heterocycles. The van der Waals surface area contributed by atoms with Crippen LogP contribution in [0.5, 0.6) is 0 Å². The maximum Gasteiger partial charge on any atom is 0.255 e. The van der Waals surface area contributed by atoms with Crippen molar-refractivity contribution in [3.05, 3.63) is 59.2 Å². The number of carbonyl (C=O) groups is 1. The van der Waals surface area contributed by atoms with Crippen LogP contribution in [0.1, 0.15) is 34.8 Å². The summed E-state index contributed by atoms with van der Waals surface area (Å²) in [5, 5.41) is 8.38. The molecule has 0 fully saturated rings. The van der Waals surface area contributed by atoms with Crippen LogP contribution in [-0.2, 0) is 6.42 Å². The predicted octanol–water partition coefficient (Wildman–Crippen LogP) is 4.17. The van der Waals surface area contributed by atoms with E-state index in [1.807, 2.05) is 42.5 Å². The maximum absolute atomic E-state index is 12.2. The normalized spacial score (nSPS) is 10.4. The van der Waals surface area contributed by atoms with E-state index in [0.717, 1.165) is 23.4 Å². The molecule has 0 unspecified atom stereocenters. The van der Waals surface area contributed by atoms with E-state index in [1.165, 1.54) is 23.1 Å². The van der Waals surface area contributed by atoms with Gasteiger partial charge in [-0.3, -0.25) is 9.93 Å². The predicted molar refractivity (Wildman–Crippen MR) is 89.6 cm³/mol. The van der Waals surface area contributed by atoms with Gasteiger partial charge in [-0.15, -0.1) is 0 Å². The van der Waals surface area contributed by atoms with Crippen molar-refractivity contribution in [2.24, 2.45) is 5.14 Å². The molecular weight excluding hydrogens is 280 g/mol. The van der Waals surface area contributed by atoms with Gasteiger partial charge in [0, 0.05) is 16.1 Å². The van der Waals surface area contributed by atoms with E-state index in [2.05, 4.69) is 19.2 Å². The highest BCUT2D eigenvalue weighted by atomic mass is 32.2. The Bertz CT molecular complexity index is 623. The van der Waals surface area contributed by atoms with E-state index in [-0.39, 0.29) is 5.91 Å². The van der Waals surface area contributed by atoms with Crippen LogP contribution in [0.15, 0.2) is 47.4 Å². The molecule has 21 heavy (non-hydrogen) atoms. The van der Waals surface area contributed by atoms with Crippen LogP contribution in [0.4, 0.5) is 5.69 Å². The number of nitrogens with one attached hydrogen (secondary N) is 1. The molecule has 0 saturated carbocycles. The second-order valence-electron chi connectivity index (χ2n) is 4.99. The lowest BCUT2D eigenvalue weighted by Gasteiger charge is -2.09. The van der Waals surface area contributed by atoms with E-state index in [0.29, 0.717) is 5.56 Å². The molecule has 0 aliphatic rings. The molecule has 0 aliphatic heterocycles. The molecular formula is C17H20N2OS. The number of rotatable bonds is 5. The molecule has 4 heteroatoms. The van der Waals surface area contributed by atoms with E-state index in [9.17, 15) is 4.79 Å². The van der Waals surface area contributed by atoms with Crippen LogP contribution in [0.2, 0.25) is 0 Å². The average molecular weight is 300 g/mol. The molecule has 0 heterocycles. The van der Waals surface area contributed by atoms with Crippen molar-refractivity contribution in [2.75, 3.05) is 5.32 Å². The average Bonchev–Trinajstić information content (AvgIpc) is 2.50. The summed E-state index contributed by atoms with van der Waals surface area (Å²) in [4.78, 5) is 13.2. The lowest BCUT2D eigenvalue weighted by molar-refractivity contribution is 0.102. The Hall–Kier alpha value is -1.78. The Kier molecular flexibility index (Phi) is 5.42. The van der Waals surface area contributed by atoms with Crippen LogP contribution >= 0.6 is 11.9 Å². The van der Waals surface area contributed by atoms with Crippen LogP contribution in [0, 0.1) is 6.92 Å². The van der Waals surface area contributed by atoms with Gasteiger partial charge < -0.3 is 5.32 Å². The third kappa shape index (κ3) is 4.09. The fourth-order valence-electron chi connectivity index (χ4n) is 2.21. The number of aryl methyl sites for hydroxylation is 2. The van der Waals surface area contributed by atoms with Gasteiger partial charge in [0.05, 0.1) is 0 Å². The molecule has 0 bridgehead atoms. The third-order valence-corrected chi connectivity index (χ3v) is 3.92. The number of amides is 1. The van der Waals surface area contributed by atoms with Crippen molar-refractivity contribution >= 4 is 23.5 Å². The number of anilines is 1. The molecule has 3 N–H and O–H groups in total. The summed E-state index contributed by atoms with van der Waals surface area (Å²) in [6, 6.07) is 13.4. The van der Waals surface area contributed by atoms with Crippen LogP contribution < -0.4 is 10.5 Å². The quantitative estimate of drug-likeness (QED) is 0.815. The minimum absolute atomic E-state index is 0.0886. The summed E-state index contributed by atoms with van der Waals surface area (Å²) >= 11 is 1.19. The molecule has 110 valence electrons. The Morgan fingerprint density at radius 3 is 2.48 bits per heavy atom. The van der Waals surface area contributed by atoms with Crippen LogP contribution in [0.3, 0.4) is 0 Å². The lowest BCUT2D eigenvalue weighted by atomic mass is 10.0. The van der Waals surface area contributed by atoms with E-state index >= 15 is 0 Å². The van der Waals surface area contributed by atoms with Gasteiger partial charge in [-0.2, -0.15) is 0 Å². The van der Waals surface area contributed by atoms with Crippen molar-refractivity contribution in [1.29, 1.82) is 0 Å². The van der Waals surface area contributed by atoms with Gasteiger partial charge in [0.2, 0.25) is 0 Å². The second kappa shape index (κ2) is 7.29. The van der Waals surface area contributed by atoms with Gasteiger partial charge in [0.1, 0.15) is 0 Å². The fraction of sp³-hybridized carbons (Fsp3) is 0.235. The second-order valence-corrected chi connectivity index (χ2v) is 5.69. The van der Waals surface area contributed by atoms with Gasteiger partial charge in [0.15, 0.2) is 0 Å². The number of hydrogen-bond acceptors (Lipinski definition) is 3. The summed E-state index contributed by atoms with van der Waals surface area (Å²) < 4.78 is 0. The molecule has 1 amide bonds. The first-order valence-corrected chi connectivity index (χ1v) is 7.89. The number of nitrogens with two attached hydrogens (primary N) is 1. The Morgan fingerprint density at radius 2 is 1.90 bits per heavy atom. The smallest absolute Gasteiger partial charge is 0.255 e. The van der Waals surface area contributed by atoms with Gasteiger partial charge in [-0.05, 0) is 72.8 Å². The summed E-state index contributed by atoms with van der Waals surface area (Å²) in [6.07, 6.45) is 2.16. The van der Waals surface area contributed by atoms with Gasteiger partial charge in [-0.1, -0.05) is 19.4 Å². The molecule has 0 spiro atoms. The molecule has 0 aromatic heterocycles. The Morgan fingerprint density at radius 1 is 1.19 bits per heavy atom. The van der Waals surface area contributed by atoms with Crippen molar-refractivity contribution in [3.8, 4) is 0 Å². The van der Waals surface area contributed by atoms with Crippen molar-refractivity contribution in [1.82, 2.24) is 0 Å². The minimum Gasteiger partial charge on any atom is -0.322 e. The summed E-state index contributed by atoms with van der Waals surface area (Å²) in [7, 11) is 0. The zero-order valence-electron chi connectivity index (χ0n) is 12.3. The first-order valence-electron chi connectivity index (χ1n) is 7.01. The van der Waals surface area contributed by atoms with Gasteiger partial charge in [0.25, 0.3) is 5.91 Å². The fourth-order valence-corrected chi connectivity index (χ4v) is 2.50. The number of benzene rings is 2. The lowest BCUT2D eigenvalue weighted by Crippen LogP contribution is -2.12. The molecule has 2 aromatic rings. The first kappa shape index (κ1) is 15.6. The highest BCUT2D eigenvalue weighted by Crippen LogP contribution is 2.18. The standard InChI is InChI=1S/C17H20N2OS/c1-3-4-13-5-6-14(11-12(13)2)17(20)19-15-7-9-16(21-18)10-8-15/h5-11H,3-4,18H2,1-2H3,(H,19,20). The van der Waals surface area contributed by atoms with E-state index in [1.54, 1.807) is 0 Å². The first-order chi connectivity index (χ1) is 10.1. The monoisotopic (exact) mass is 300 g/mol. The van der Waals surface area contributed by atoms with Crippen molar-refractivity contribution < 1.29 is 4.79 Å². The largest absolute Gasteiger partial charge is 0.322 e. The number of carbonyl (C=O) groups excluding carboxylic acids is 1. The van der Waals surface area contributed by atoms with Gasteiger partial charge in [-0.25, -0.2) is 0 Å². The highest BCUT2D eigenvalue weighted by molar-refractivity contribution is 7.97. The van der Waals surface area contributed by atoms with Crippen LogP contribution in [0.25, 0.3) is 0 Å². The molecule has 2 rings (SSSR count). The third-order valence-electron chi connectivity index (χ3n) is 3.37. The van der Waals surface area contributed by atoms with Crippen LogP contribution in [-0.4, -0.2) is 5.91 Å². The van der Waals surface area contributed by atoms with Crippen molar-refractivity contribution in [2.45, 2.75) is 31.6 Å². The molecule has 2 aromatic carbocycles. The maximum atomic E-state index is 12.2. The Labute approximate surface area is 130 Å². The molecule has 0 aliphatic carbocycles. The summed E-state index contributed by atoms with van der Waals surface area (Å²) in [6.45, 7) is 4.21. The Balaban J connectivity index is 2.10. The van der Waals surface area contributed by atoms with E-state index < -0.39 is 0 Å². The molecule has 0 radical (unpaired) electrons. The summed E-state index contributed by atoms with van der Waals surface area (Å²) in [5.41, 5.74) is 3.93. The van der Waals surface area contributed by atoms with E-state index in [4.69, 9.17) is 5.14 Å². The topological polar surface area (TPSA) is 55.1 Å². The van der Waals surface area contributed by atoms with Gasteiger partial charge >= 0.3 is 0 Å². The van der Waals surface area contributed by atoms with Crippen molar-refractivity contribution in [3.63, 3.8) is 0 Å². The summed E-state index contributed by atoms with van der Waals surface area (Å²) in [5.74, 6) is -0.0886. The number of hydrogen-bond donors (Lipinski definition) is 2. The molecule has 3 nitrogen and oxygen atoms in total. The zero-order chi connectivity index (χ0) is 15.2. The SMILES string of the molecule is CCCc1ccc(C(=O)Nc2ccc(SN)cc2)cc1C.